The Bertz CT molecular complexity index is 712. The maximum Gasteiger partial charge on any atom is 0.453 e. The molecule has 0 aliphatic rings. The summed E-state index contributed by atoms with van der Waals surface area (Å²) in [7, 11) is 0. The van der Waals surface area contributed by atoms with Crippen molar-refractivity contribution in [3.05, 3.63) is 0 Å². The number of thiocarbonyl (C=S) groups is 1. The maximum atomic E-state index is 13.7. The first-order valence-corrected chi connectivity index (χ1v) is 10.7. The van der Waals surface area contributed by atoms with Crippen LogP contribution in [0.25, 0.3) is 0 Å². The van der Waals surface area contributed by atoms with E-state index in [-0.39, 0.29) is 24.7 Å². The summed E-state index contributed by atoms with van der Waals surface area (Å²) in [6, 6.07) is 0. The molecule has 35 heavy (non-hydrogen) atoms. The van der Waals surface area contributed by atoms with Crippen molar-refractivity contribution in [2.75, 3.05) is 39.4 Å². The van der Waals surface area contributed by atoms with Gasteiger partial charge in [0.2, 0.25) is 0 Å². The minimum Gasteiger partial charge on any atom is -0.378 e. The molecule has 0 radical (unpaired) electrons. The third kappa shape index (κ3) is 10.7. The minimum absolute atomic E-state index is 0.0364. The third-order valence-electron chi connectivity index (χ3n) is 3.99. The molecule has 0 aliphatic heterocycles. The van der Waals surface area contributed by atoms with Gasteiger partial charge in [0.05, 0.1) is 18.2 Å². The number of nitrogens with one attached hydrogen (secondary N) is 2. The average Bonchev–Trinajstić information content (AvgIpc) is 2.72. The van der Waals surface area contributed by atoms with Gasteiger partial charge in [0.1, 0.15) is 0 Å². The minimum atomic E-state index is -6.44. The Kier molecular flexibility index (Phi) is 13.3. The molecular weight excluding hydrogens is 522 g/mol. The highest BCUT2D eigenvalue weighted by Crippen LogP contribution is 2.43. The zero-order valence-corrected chi connectivity index (χ0v) is 19.9. The van der Waals surface area contributed by atoms with Crippen LogP contribution in [0.5, 0.6) is 0 Å². The quantitative estimate of drug-likeness (QED) is 0.164. The van der Waals surface area contributed by atoms with E-state index >= 15 is 0 Å². The highest BCUT2D eigenvalue weighted by Gasteiger charge is 2.69. The number of hydrogen-bond acceptors (Lipinski definition) is 6. The Hall–Kier alpha value is -1.85. The number of halogens is 8. The predicted octanol–water partition coefficient (Wildman–Crippen LogP) is 3.11. The number of likely N-dealkylation sites (N-methyl/N-ethyl adjacent to an activating group) is 1. The number of alkyl halides is 8. The van der Waals surface area contributed by atoms with Crippen molar-refractivity contribution in [1.29, 1.82) is 0 Å². The molecule has 0 aromatic carbocycles. The summed E-state index contributed by atoms with van der Waals surface area (Å²) in [6.07, 6.45) is -22.5. The van der Waals surface area contributed by atoms with E-state index in [0.29, 0.717) is 11.4 Å². The molecular formula is C18H27F8N3O5S. The van der Waals surface area contributed by atoms with Crippen LogP contribution >= 0.6 is 12.2 Å². The van der Waals surface area contributed by atoms with E-state index in [1.54, 1.807) is 0 Å². The molecule has 0 bridgehead atoms. The van der Waals surface area contributed by atoms with Gasteiger partial charge in [-0.2, -0.15) is 35.1 Å². The Labute approximate surface area is 201 Å². The number of carbonyl (C=O) groups excluding carboxylic acids is 2. The van der Waals surface area contributed by atoms with Gasteiger partial charge in [0.15, 0.2) is 0 Å². The van der Waals surface area contributed by atoms with Crippen molar-refractivity contribution in [2.24, 2.45) is 0 Å². The fourth-order valence-corrected chi connectivity index (χ4v) is 2.55. The number of nitrogens with zero attached hydrogens (tertiary/aromatic N) is 1. The van der Waals surface area contributed by atoms with Gasteiger partial charge in [0, 0.05) is 26.2 Å². The number of hydrogen-bond donors (Lipinski definition) is 2. The van der Waals surface area contributed by atoms with Crippen LogP contribution in [0.15, 0.2) is 0 Å². The second kappa shape index (κ2) is 14.0. The Balaban J connectivity index is 4.86. The van der Waals surface area contributed by atoms with E-state index < -0.39 is 55.9 Å². The van der Waals surface area contributed by atoms with E-state index in [1.165, 1.54) is 19.2 Å². The number of carbonyl (C=O) groups is 2. The van der Waals surface area contributed by atoms with Crippen LogP contribution in [0.3, 0.4) is 0 Å². The molecule has 0 atom stereocenters. The van der Waals surface area contributed by atoms with Crippen molar-refractivity contribution in [1.82, 2.24) is 15.5 Å². The van der Waals surface area contributed by atoms with E-state index in [4.69, 9.17) is 17.0 Å². The molecule has 0 unspecified atom stereocenters. The van der Waals surface area contributed by atoms with Gasteiger partial charge in [0.25, 0.3) is 0 Å². The maximum absolute atomic E-state index is 13.7. The van der Waals surface area contributed by atoms with E-state index in [0.717, 1.165) is 6.42 Å². The van der Waals surface area contributed by atoms with Crippen molar-refractivity contribution in [2.45, 2.75) is 58.0 Å². The smallest absolute Gasteiger partial charge is 0.378 e. The summed E-state index contributed by atoms with van der Waals surface area (Å²) >= 11 is 4.96. The SMILES string of the molecule is CCCC(=S)NCCOCCNC(=O)C(F)(F)OC(F)(F)C(F)(F)OC(F)(F)C(=O)N(CC)CC. The molecule has 17 heteroatoms. The van der Waals surface area contributed by atoms with Crippen molar-refractivity contribution >= 4 is 29.0 Å². The van der Waals surface area contributed by atoms with E-state index in [2.05, 4.69) is 14.8 Å². The molecule has 0 fully saturated rings. The van der Waals surface area contributed by atoms with Gasteiger partial charge in [-0.05, 0) is 26.7 Å². The Morgan fingerprint density at radius 2 is 1.26 bits per heavy atom. The van der Waals surface area contributed by atoms with E-state index in [1.807, 2.05) is 6.92 Å². The number of rotatable bonds is 17. The lowest BCUT2D eigenvalue weighted by molar-refractivity contribution is -0.500. The molecule has 8 nitrogen and oxygen atoms in total. The van der Waals surface area contributed by atoms with Gasteiger partial charge >= 0.3 is 36.2 Å². The second-order valence-corrected chi connectivity index (χ2v) is 7.21. The van der Waals surface area contributed by atoms with Crippen LogP contribution in [0, 0.1) is 0 Å². The lowest BCUT2D eigenvalue weighted by atomic mass is 10.3. The standard InChI is InChI=1S/C18H27F8N3O5S/c1-4-7-12(35)27-8-10-32-11-9-28-13(30)15(19,20)33-17(23,24)18(25,26)34-16(21,22)14(31)29(5-2)6-3/h4-11H2,1-3H3,(H,27,35)(H,28,30). The van der Waals surface area contributed by atoms with Crippen molar-refractivity contribution in [3.63, 3.8) is 0 Å². The fourth-order valence-electron chi connectivity index (χ4n) is 2.25. The molecule has 0 aromatic rings. The van der Waals surface area contributed by atoms with Crippen molar-refractivity contribution in [3.8, 4) is 0 Å². The topological polar surface area (TPSA) is 89.1 Å². The summed E-state index contributed by atoms with van der Waals surface area (Å²) in [5.74, 6) is -4.99. The lowest BCUT2D eigenvalue weighted by Gasteiger charge is -2.31. The zero-order valence-electron chi connectivity index (χ0n) is 19.1. The van der Waals surface area contributed by atoms with Crippen LogP contribution < -0.4 is 10.6 Å². The number of amides is 2. The van der Waals surface area contributed by atoms with Gasteiger partial charge in [-0.25, -0.2) is 9.47 Å². The van der Waals surface area contributed by atoms with Crippen LogP contribution in [-0.2, 0) is 23.8 Å². The summed E-state index contributed by atoms with van der Waals surface area (Å²) in [5, 5.41) is 4.22. The molecule has 0 aromatic heterocycles. The highest BCUT2D eigenvalue weighted by molar-refractivity contribution is 7.80. The predicted molar refractivity (Wildman–Crippen MR) is 109 cm³/mol. The van der Waals surface area contributed by atoms with Gasteiger partial charge < -0.3 is 20.3 Å². The van der Waals surface area contributed by atoms with Gasteiger partial charge in [-0.1, -0.05) is 19.1 Å². The molecule has 206 valence electrons. The average molecular weight is 549 g/mol. The first kappa shape index (κ1) is 33.1. The monoisotopic (exact) mass is 549 g/mol. The van der Waals surface area contributed by atoms with Crippen LogP contribution in [0.2, 0.25) is 0 Å². The summed E-state index contributed by atoms with van der Waals surface area (Å²) < 4.78 is 119. The summed E-state index contributed by atoms with van der Waals surface area (Å²) in [4.78, 5) is 23.7. The van der Waals surface area contributed by atoms with Crippen LogP contribution in [-0.4, -0.2) is 85.5 Å². The van der Waals surface area contributed by atoms with Gasteiger partial charge in [-0.15, -0.1) is 0 Å². The molecule has 0 saturated heterocycles. The van der Waals surface area contributed by atoms with E-state index in [9.17, 15) is 44.7 Å². The fraction of sp³-hybridized carbons (Fsp3) is 0.833. The lowest BCUT2D eigenvalue weighted by Crippen LogP contribution is -2.57. The van der Waals surface area contributed by atoms with Crippen LogP contribution in [0.4, 0.5) is 35.1 Å². The number of ether oxygens (including phenoxy) is 3. The van der Waals surface area contributed by atoms with Gasteiger partial charge in [-0.3, -0.25) is 9.59 Å². The Morgan fingerprint density at radius 3 is 1.71 bits per heavy atom. The first-order valence-electron chi connectivity index (χ1n) is 10.3. The highest BCUT2D eigenvalue weighted by atomic mass is 32.1. The largest absolute Gasteiger partial charge is 0.453 e. The Morgan fingerprint density at radius 1 is 0.800 bits per heavy atom. The molecule has 0 rings (SSSR count). The summed E-state index contributed by atoms with van der Waals surface area (Å²) in [5.41, 5.74) is 0. The summed E-state index contributed by atoms with van der Waals surface area (Å²) in [6.45, 7) is 2.68. The molecule has 2 amide bonds. The van der Waals surface area contributed by atoms with Crippen molar-refractivity contribution < 1.29 is 58.9 Å². The second-order valence-electron chi connectivity index (χ2n) is 6.72. The molecule has 0 saturated carbocycles. The third-order valence-corrected chi connectivity index (χ3v) is 4.34. The molecule has 2 N–H and O–H groups in total. The molecule has 0 spiro atoms. The molecule has 0 heterocycles. The first-order chi connectivity index (χ1) is 16.0. The molecule has 0 aliphatic carbocycles. The normalized spacial score (nSPS) is 12.9. The van der Waals surface area contributed by atoms with Crippen LogP contribution in [0.1, 0.15) is 33.6 Å². The zero-order chi connectivity index (χ0) is 27.5.